The lowest BCUT2D eigenvalue weighted by Crippen LogP contribution is -2.51. The number of aliphatic carboxylic acids is 1. The van der Waals surface area contributed by atoms with Crippen LogP contribution >= 0.6 is 0 Å². The van der Waals surface area contributed by atoms with E-state index in [0.29, 0.717) is 13.0 Å². The molecule has 1 N–H and O–H groups in total. The van der Waals surface area contributed by atoms with Crippen LogP contribution in [0.15, 0.2) is 0 Å². The van der Waals surface area contributed by atoms with Crippen molar-refractivity contribution in [2.75, 3.05) is 13.6 Å². The predicted octanol–water partition coefficient (Wildman–Crippen LogP) is 0.901. The van der Waals surface area contributed by atoms with Crippen molar-refractivity contribution >= 4 is 16.2 Å². The highest BCUT2D eigenvalue weighted by atomic mass is 32.2. The summed E-state index contributed by atoms with van der Waals surface area (Å²) in [6.07, 6.45) is 2.18. The lowest BCUT2D eigenvalue weighted by atomic mass is 10.0. The largest absolute Gasteiger partial charge is 0.481 e. The van der Waals surface area contributed by atoms with Gasteiger partial charge in [0.15, 0.2) is 0 Å². The van der Waals surface area contributed by atoms with E-state index in [1.165, 1.54) is 15.7 Å². The van der Waals surface area contributed by atoms with Crippen molar-refractivity contribution in [3.05, 3.63) is 0 Å². The molecular formula is C11H22N2O4S. The molecule has 1 aliphatic rings. The van der Waals surface area contributed by atoms with Crippen LogP contribution in [0.25, 0.3) is 0 Å². The van der Waals surface area contributed by atoms with Crippen LogP contribution in [-0.2, 0) is 15.0 Å². The number of hydrogen-bond donors (Lipinski definition) is 1. The van der Waals surface area contributed by atoms with Crippen molar-refractivity contribution < 1.29 is 18.3 Å². The van der Waals surface area contributed by atoms with Gasteiger partial charge < -0.3 is 5.11 Å². The van der Waals surface area contributed by atoms with E-state index in [4.69, 9.17) is 5.11 Å². The van der Waals surface area contributed by atoms with Gasteiger partial charge in [-0.2, -0.15) is 17.0 Å². The minimum absolute atomic E-state index is 0.120. The normalized spacial score (nSPS) is 22.6. The molecule has 0 spiro atoms. The van der Waals surface area contributed by atoms with Crippen molar-refractivity contribution in [2.45, 2.75) is 51.6 Å². The molecule has 6 nitrogen and oxygen atoms in total. The Bertz CT molecular complexity index is 394. The van der Waals surface area contributed by atoms with Crippen LogP contribution in [0.5, 0.6) is 0 Å². The maximum atomic E-state index is 12.4. The summed E-state index contributed by atoms with van der Waals surface area (Å²) in [6.45, 7) is 4.01. The minimum atomic E-state index is -3.55. The molecule has 0 aromatic carbocycles. The Morgan fingerprint density at radius 2 is 2.06 bits per heavy atom. The first-order chi connectivity index (χ1) is 8.26. The third kappa shape index (κ3) is 3.43. The highest BCUT2D eigenvalue weighted by Gasteiger charge is 2.36. The molecule has 0 radical (unpaired) electrons. The van der Waals surface area contributed by atoms with E-state index in [1.54, 1.807) is 13.8 Å². The molecule has 1 rings (SSSR count). The molecule has 18 heavy (non-hydrogen) atoms. The molecule has 0 aromatic heterocycles. The fraction of sp³-hybridized carbons (Fsp3) is 0.909. The summed E-state index contributed by atoms with van der Waals surface area (Å²) in [7, 11) is -2.02. The number of carboxylic acid groups (broad SMARTS) is 1. The zero-order valence-corrected chi connectivity index (χ0v) is 12.0. The molecule has 0 saturated carbocycles. The predicted molar refractivity (Wildman–Crippen MR) is 68.4 cm³/mol. The topological polar surface area (TPSA) is 77.9 Å². The van der Waals surface area contributed by atoms with E-state index in [-0.39, 0.29) is 12.5 Å². The van der Waals surface area contributed by atoms with Crippen molar-refractivity contribution in [2.24, 2.45) is 0 Å². The van der Waals surface area contributed by atoms with E-state index in [2.05, 4.69) is 0 Å². The lowest BCUT2D eigenvalue weighted by Gasteiger charge is -2.37. The smallest absolute Gasteiger partial charge is 0.304 e. The fourth-order valence-electron chi connectivity index (χ4n) is 2.12. The van der Waals surface area contributed by atoms with Crippen LogP contribution in [0.4, 0.5) is 0 Å². The summed E-state index contributed by atoms with van der Waals surface area (Å²) in [4.78, 5) is 10.8. The second kappa shape index (κ2) is 5.99. The molecule has 1 fully saturated rings. The molecule has 0 aliphatic carbocycles. The Labute approximate surface area is 109 Å². The van der Waals surface area contributed by atoms with Gasteiger partial charge in [-0.1, -0.05) is 6.42 Å². The van der Waals surface area contributed by atoms with E-state index in [0.717, 1.165) is 12.8 Å². The standard InChI is InChI=1S/C11H22N2O4S/c1-9(2)12(3)18(16,17)13-7-5-4-6-10(13)8-11(14)15/h9-10H,4-8H2,1-3H3,(H,14,15). The zero-order valence-electron chi connectivity index (χ0n) is 11.2. The van der Waals surface area contributed by atoms with E-state index in [9.17, 15) is 13.2 Å². The lowest BCUT2D eigenvalue weighted by molar-refractivity contribution is -0.138. The Balaban J connectivity index is 2.92. The third-order valence-corrected chi connectivity index (χ3v) is 5.59. The maximum absolute atomic E-state index is 12.4. The average Bonchev–Trinajstić information content (AvgIpc) is 2.27. The minimum Gasteiger partial charge on any atom is -0.481 e. The molecule has 106 valence electrons. The molecule has 1 unspecified atom stereocenters. The second-order valence-electron chi connectivity index (χ2n) is 4.98. The van der Waals surface area contributed by atoms with E-state index in [1.807, 2.05) is 0 Å². The van der Waals surface area contributed by atoms with Gasteiger partial charge in [0.25, 0.3) is 10.2 Å². The number of hydrogen-bond acceptors (Lipinski definition) is 3. The van der Waals surface area contributed by atoms with Crippen LogP contribution in [-0.4, -0.2) is 53.8 Å². The summed E-state index contributed by atoms with van der Waals surface area (Å²) in [5.74, 6) is -0.950. The van der Waals surface area contributed by atoms with Gasteiger partial charge >= 0.3 is 5.97 Å². The first kappa shape index (κ1) is 15.4. The van der Waals surface area contributed by atoms with Crippen LogP contribution in [0, 0.1) is 0 Å². The van der Waals surface area contributed by atoms with Crippen molar-refractivity contribution in [1.82, 2.24) is 8.61 Å². The highest BCUT2D eigenvalue weighted by molar-refractivity contribution is 7.86. The summed E-state index contributed by atoms with van der Waals surface area (Å²) in [5, 5.41) is 8.86. The molecule has 0 aromatic rings. The summed E-state index contributed by atoms with van der Waals surface area (Å²) in [5.41, 5.74) is 0. The second-order valence-corrected chi connectivity index (χ2v) is 6.92. The molecule has 7 heteroatoms. The van der Waals surface area contributed by atoms with Crippen LogP contribution < -0.4 is 0 Å². The van der Waals surface area contributed by atoms with E-state index >= 15 is 0 Å². The van der Waals surface area contributed by atoms with Gasteiger partial charge in [0.05, 0.1) is 6.42 Å². The van der Waals surface area contributed by atoms with Gasteiger partial charge in [-0.15, -0.1) is 0 Å². The van der Waals surface area contributed by atoms with Crippen LogP contribution in [0.2, 0.25) is 0 Å². The molecular weight excluding hydrogens is 256 g/mol. The molecule has 1 aliphatic heterocycles. The van der Waals surface area contributed by atoms with E-state index < -0.39 is 22.2 Å². The SMILES string of the molecule is CC(C)N(C)S(=O)(=O)N1CCCCC1CC(=O)O. The van der Waals surface area contributed by atoms with Gasteiger partial charge in [0.1, 0.15) is 0 Å². The Morgan fingerprint density at radius 1 is 1.44 bits per heavy atom. The van der Waals surface area contributed by atoms with Gasteiger partial charge in [0.2, 0.25) is 0 Å². The molecule has 0 bridgehead atoms. The van der Waals surface area contributed by atoms with Gasteiger partial charge in [-0.3, -0.25) is 4.79 Å². The molecule has 1 atom stereocenters. The average molecular weight is 278 g/mol. The number of rotatable bonds is 5. The third-order valence-electron chi connectivity index (χ3n) is 3.37. The number of carboxylic acids is 1. The van der Waals surface area contributed by atoms with Crippen molar-refractivity contribution in [3.63, 3.8) is 0 Å². The Morgan fingerprint density at radius 3 is 2.56 bits per heavy atom. The van der Waals surface area contributed by atoms with Crippen LogP contribution in [0.3, 0.4) is 0 Å². The summed E-state index contributed by atoms with van der Waals surface area (Å²) < 4.78 is 27.4. The van der Waals surface area contributed by atoms with Gasteiger partial charge in [-0.05, 0) is 26.7 Å². The number of nitrogens with zero attached hydrogens (tertiary/aromatic N) is 2. The van der Waals surface area contributed by atoms with Gasteiger partial charge in [0, 0.05) is 25.7 Å². The summed E-state index contributed by atoms with van der Waals surface area (Å²) >= 11 is 0. The first-order valence-corrected chi connectivity index (χ1v) is 7.63. The zero-order chi connectivity index (χ0) is 13.9. The number of piperidine rings is 1. The fourth-order valence-corrected chi connectivity index (χ4v) is 3.90. The number of carbonyl (C=O) groups is 1. The Hall–Kier alpha value is -0.660. The molecule has 1 saturated heterocycles. The van der Waals surface area contributed by atoms with Crippen molar-refractivity contribution in [3.8, 4) is 0 Å². The summed E-state index contributed by atoms with van der Waals surface area (Å²) in [6, 6.07) is -0.551. The highest BCUT2D eigenvalue weighted by Crippen LogP contribution is 2.25. The van der Waals surface area contributed by atoms with Gasteiger partial charge in [-0.25, -0.2) is 0 Å². The first-order valence-electron chi connectivity index (χ1n) is 6.23. The monoisotopic (exact) mass is 278 g/mol. The molecule has 1 heterocycles. The maximum Gasteiger partial charge on any atom is 0.304 e. The van der Waals surface area contributed by atoms with Crippen LogP contribution in [0.1, 0.15) is 39.5 Å². The Kier molecular flexibility index (Phi) is 5.12. The quantitative estimate of drug-likeness (QED) is 0.810. The van der Waals surface area contributed by atoms with Crippen molar-refractivity contribution in [1.29, 1.82) is 0 Å². The molecule has 0 amide bonds.